The average molecular weight is 306 g/mol. The van der Waals surface area contributed by atoms with E-state index in [2.05, 4.69) is 10.6 Å². The van der Waals surface area contributed by atoms with Crippen LogP contribution < -0.4 is 10.6 Å². The van der Waals surface area contributed by atoms with Gasteiger partial charge in [0.05, 0.1) is 6.54 Å². The highest BCUT2D eigenvalue weighted by molar-refractivity contribution is 5.87. The van der Waals surface area contributed by atoms with Crippen LogP contribution in [-0.4, -0.2) is 35.5 Å². The summed E-state index contributed by atoms with van der Waals surface area (Å²) in [4.78, 5) is 34.0. The molecular formula is C16H22N2O4. The van der Waals surface area contributed by atoms with Crippen molar-refractivity contribution in [2.24, 2.45) is 0 Å². The molecule has 120 valence electrons. The maximum Gasteiger partial charge on any atom is 0.326 e. The number of nitrogens with one attached hydrogen (secondary N) is 2. The Balaban J connectivity index is 2.29. The average Bonchev–Trinajstić information content (AvgIpc) is 2.49. The standard InChI is InChI=1S/C16H22N2O4/c1-3-13(16(21)22)18-15(20)10-17-14(19)9-8-12-6-4-11(2)5-7-12/h4-7,13H,3,8-10H2,1-2H3,(H,17,19)(H,18,20)(H,21,22). The molecule has 1 unspecified atom stereocenters. The normalized spacial score (nSPS) is 11.5. The quantitative estimate of drug-likeness (QED) is 0.668. The Morgan fingerprint density at radius 3 is 2.32 bits per heavy atom. The molecular weight excluding hydrogens is 284 g/mol. The number of aryl methyl sites for hydroxylation is 2. The van der Waals surface area contributed by atoms with E-state index in [-0.39, 0.29) is 18.9 Å². The molecule has 6 nitrogen and oxygen atoms in total. The number of hydrogen-bond acceptors (Lipinski definition) is 3. The third-order valence-electron chi connectivity index (χ3n) is 3.25. The molecule has 0 aliphatic carbocycles. The molecule has 0 aliphatic heterocycles. The Hall–Kier alpha value is -2.37. The molecule has 0 bridgehead atoms. The number of amides is 2. The van der Waals surface area contributed by atoms with E-state index in [1.54, 1.807) is 6.92 Å². The van der Waals surface area contributed by atoms with Gasteiger partial charge in [-0.3, -0.25) is 9.59 Å². The van der Waals surface area contributed by atoms with E-state index in [1.807, 2.05) is 31.2 Å². The molecule has 22 heavy (non-hydrogen) atoms. The number of carboxylic acids is 1. The van der Waals surface area contributed by atoms with Gasteiger partial charge in [-0.1, -0.05) is 36.8 Å². The molecule has 0 aromatic heterocycles. The molecule has 1 aromatic rings. The van der Waals surface area contributed by atoms with Crippen molar-refractivity contribution in [2.75, 3.05) is 6.54 Å². The molecule has 0 radical (unpaired) electrons. The van der Waals surface area contributed by atoms with Crippen LogP contribution in [0.15, 0.2) is 24.3 Å². The number of hydrogen-bond donors (Lipinski definition) is 3. The van der Waals surface area contributed by atoms with Gasteiger partial charge in [0, 0.05) is 6.42 Å². The minimum absolute atomic E-state index is 0.212. The molecule has 0 saturated carbocycles. The van der Waals surface area contributed by atoms with Gasteiger partial charge in [-0.05, 0) is 25.3 Å². The number of carbonyl (C=O) groups excluding carboxylic acids is 2. The van der Waals surface area contributed by atoms with Crippen LogP contribution in [0.4, 0.5) is 0 Å². The zero-order valence-electron chi connectivity index (χ0n) is 12.9. The maximum absolute atomic E-state index is 11.7. The van der Waals surface area contributed by atoms with Crippen molar-refractivity contribution >= 4 is 17.8 Å². The highest BCUT2D eigenvalue weighted by Crippen LogP contribution is 2.05. The Bertz CT molecular complexity index is 525. The van der Waals surface area contributed by atoms with Gasteiger partial charge < -0.3 is 15.7 Å². The van der Waals surface area contributed by atoms with E-state index in [9.17, 15) is 14.4 Å². The van der Waals surface area contributed by atoms with Crippen LogP contribution in [-0.2, 0) is 20.8 Å². The fourth-order valence-corrected chi connectivity index (χ4v) is 1.86. The summed E-state index contributed by atoms with van der Waals surface area (Å²) in [6.45, 7) is 3.45. The predicted molar refractivity (Wildman–Crippen MR) is 82.4 cm³/mol. The summed E-state index contributed by atoms with van der Waals surface area (Å²) in [6, 6.07) is 6.98. The lowest BCUT2D eigenvalue weighted by Crippen LogP contribution is -2.45. The lowest BCUT2D eigenvalue weighted by molar-refractivity contribution is -0.141. The van der Waals surface area contributed by atoms with Crippen LogP contribution in [0.5, 0.6) is 0 Å². The van der Waals surface area contributed by atoms with Gasteiger partial charge in [-0.2, -0.15) is 0 Å². The largest absolute Gasteiger partial charge is 0.480 e. The summed E-state index contributed by atoms with van der Waals surface area (Å²) < 4.78 is 0. The van der Waals surface area contributed by atoms with E-state index in [0.717, 1.165) is 11.1 Å². The third-order valence-corrected chi connectivity index (χ3v) is 3.25. The third kappa shape index (κ3) is 6.39. The first-order valence-electron chi connectivity index (χ1n) is 7.26. The Morgan fingerprint density at radius 1 is 1.14 bits per heavy atom. The van der Waals surface area contributed by atoms with Crippen molar-refractivity contribution in [1.29, 1.82) is 0 Å². The number of carbonyl (C=O) groups is 3. The smallest absolute Gasteiger partial charge is 0.326 e. The van der Waals surface area contributed by atoms with Crippen LogP contribution in [0.2, 0.25) is 0 Å². The van der Waals surface area contributed by atoms with Gasteiger partial charge in [-0.15, -0.1) is 0 Å². The van der Waals surface area contributed by atoms with Gasteiger partial charge in [0.1, 0.15) is 6.04 Å². The van der Waals surface area contributed by atoms with Crippen LogP contribution in [0.3, 0.4) is 0 Å². The lowest BCUT2D eigenvalue weighted by atomic mass is 10.1. The predicted octanol–water partition coefficient (Wildman–Crippen LogP) is 1.02. The highest BCUT2D eigenvalue weighted by Gasteiger charge is 2.17. The zero-order chi connectivity index (χ0) is 16.5. The van der Waals surface area contributed by atoms with Gasteiger partial charge in [0.2, 0.25) is 11.8 Å². The molecule has 0 spiro atoms. The molecule has 6 heteroatoms. The maximum atomic E-state index is 11.7. The fourth-order valence-electron chi connectivity index (χ4n) is 1.86. The summed E-state index contributed by atoms with van der Waals surface area (Å²) in [6.07, 6.45) is 1.18. The number of benzene rings is 1. The molecule has 1 rings (SSSR count). The van der Waals surface area contributed by atoms with Gasteiger partial charge in [0.15, 0.2) is 0 Å². The topological polar surface area (TPSA) is 95.5 Å². The van der Waals surface area contributed by atoms with Crippen LogP contribution >= 0.6 is 0 Å². The minimum atomic E-state index is -1.08. The number of rotatable bonds is 8. The fraction of sp³-hybridized carbons (Fsp3) is 0.438. The Labute approximate surface area is 129 Å². The number of aliphatic carboxylic acids is 1. The monoisotopic (exact) mass is 306 g/mol. The highest BCUT2D eigenvalue weighted by atomic mass is 16.4. The van der Waals surface area contributed by atoms with Crippen molar-refractivity contribution in [1.82, 2.24) is 10.6 Å². The molecule has 1 atom stereocenters. The van der Waals surface area contributed by atoms with Crippen molar-refractivity contribution in [3.8, 4) is 0 Å². The summed E-state index contributed by atoms with van der Waals surface area (Å²) in [5.74, 6) is -1.82. The molecule has 1 aromatic carbocycles. The second-order valence-corrected chi connectivity index (χ2v) is 5.13. The molecule has 0 aliphatic rings. The van der Waals surface area contributed by atoms with E-state index < -0.39 is 17.9 Å². The SMILES string of the molecule is CCC(NC(=O)CNC(=O)CCc1ccc(C)cc1)C(=O)O. The Morgan fingerprint density at radius 2 is 1.77 bits per heavy atom. The van der Waals surface area contributed by atoms with Gasteiger partial charge in [-0.25, -0.2) is 4.79 Å². The first kappa shape index (κ1) is 17.7. The molecule has 3 N–H and O–H groups in total. The second kappa shape index (κ2) is 8.81. The van der Waals surface area contributed by atoms with E-state index >= 15 is 0 Å². The van der Waals surface area contributed by atoms with Crippen molar-refractivity contribution < 1.29 is 19.5 Å². The van der Waals surface area contributed by atoms with Crippen LogP contribution in [0, 0.1) is 6.92 Å². The molecule has 0 saturated heterocycles. The van der Waals surface area contributed by atoms with Gasteiger partial charge >= 0.3 is 5.97 Å². The minimum Gasteiger partial charge on any atom is -0.480 e. The number of carboxylic acid groups (broad SMARTS) is 1. The van der Waals surface area contributed by atoms with Crippen LogP contribution in [0.1, 0.15) is 30.9 Å². The molecule has 0 heterocycles. The van der Waals surface area contributed by atoms with Crippen molar-refractivity contribution in [3.05, 3.63) is 35.4 Å². The molecule has 0 fully saturated rings. The van der Waals surface area contributed by atoms with E-state index in [4.69, 9.17) is 5.11 Å². The first-order valence-corrected chi connectivity index (χ1v) is 7.26. The Kier molecular flexibility index (Phi) is 7.08. The zero-order valence-corrected chi connectivity index (χ0v) is 12.9. The van der Waals surface area contributed by atoms with Crippen molar-refractivity contribution in [2.45, 2.75) is 39.2 Å². The lowest BCUT2D eigenvalue weighted by Gasteiger charge is -2.12. The molecule has 2 amide bonds. The van der Waals surface area contributed by atoms with E-state index in [0.29, 0.717) is 12.8 Å². The summed E-state index contributed by atoms with van der Waals surface area (Å²) >= 11 is 0. The summed E-state index contributed by atoms with van der Waals surface area (Å²) in [5.41, 5.74) is 2.22. The van der Waals surface area contributed by atoms with Crippen molar-refractivity contribution in [3.63, 3.8) is 0 Å². The summed E-state index contributed by atoms with van der Waals surface area (Å²) in [7, 11) is 0. The first-order chi connectivity index (χ1) is 10.4. The van der Waals surface area contributed by atoms with Crippen LogP contribution in [0.25, 0.3) is 0 Å². The van der Waals surface area contributed by atoms with E-state index in [1.165, 1.54) is 0 Å². The second-order valence-electron chi connectivity index (χ2n) is 5.13. The van der Waals surface area contributed by atoms with Gasteiger partial charge in [0.25, 0.3) is 0 Å². The summed E-state index contributed by atoms with van der Waals surface area (Å²) in [5, 5.41) is 13.7.